The van der Waals surface area contributed by atoms with E-state index in [1.54, 1.807) is 18.1 Å². The third-order valence-corrected chi connectivity index (χ3v) is 7.11. The number of piperazine rings is 1. The number of carbonyl (C=O) groups is 1. The van der Waals surface area contributed by atoms with E-state index in [1.165, 1.54) is 17.6 Å². The van der Waals surface area contributed by atoms with Crippen LogP contribution in [0, 0.1) is 0 Å². The normalized spacial score (nSPS) is 25.0. The topological polar surface area (TPSA) is 85.9 Å². The first kappa shape index (κ1) is 23.2. The van der Waals surface area contributed by atoms with Crippen LogP contribution in [-0.2, 0) is 16.1 Å². The Morgan fingerprint density at radius 1 is 1.06 bits per heavy atom. The van der Waals surface area contributed by atoms with Gasteiger partial charge in [0.2, 0.25) is 5.91 Å². The highest BCUT2D eigenvalue weighted by Gasteiger charge is 2.35. The number of hydrogen-bond acceptors (Lipinski definition) is 8. The lowest BCUT2D eigenvalue weighted by molar-refractivity contribution is -0.167. The molecule has 2 N–H and O–H groups in total. The third kappa shape index (κ3) is 5.55. The summed E-state index contributed by atoms with van der Waals surface area (Å²) in [5.41, 5.74) is 3.47. The van der Waals surface area contributed by atoms with Gasteiger partial charge >= 0.3 is 0 Å². The maximum absolute atomic E-state index is 12.6. The number of amides is 1. The van der Waals surface area contributed by atoms with Crippen molar-refractivity contribution in [3.63, 3.8) is 0 Å². The minimum Gasteiger partial charge on any atom is -0.371 e. The van der Waals surface area contributed by atoms with E-state index in [1.807, 2.05) is 6.07 Å². The summed E-state index contributed by atoms with van der Waals surface area (Å²) in [6, 6.07) is 10.7. The fourth-order valence-corrected chi connectivity index (χ4v) is 4.99. The molecular weight excluding hydrogens is 430 g/mol. The number of ether oxygens (including phenoxy) is 1. The van der Waals surface area contributed by atoms with Crippen molar-refractivity contribution in [2.45, 2.75) is 44.3 Å². The van der Waals surface area contributed by atoms with Gasteiger partial charge in [0.15, 0.2) is 6.35 Å². The Morgan fingerprint density at radius 2 is 1.82 bits per heavy atom. The Bertz CT molecular complexity index is 928. The monoisotopic (exact) mass is 465 g/mol. The van der Waals surface area contributed by atoms with Crippen molar-refractivity contribution in [1.82, 2.24) is 30.4 Å². The number of rotatable bonds is 6. The van der Waals surface area contributed by atoms with Gasteiger partial charge in [-0.3, -0.25) is 15.0 Å². The number of nitrogens with zero attached hydrogens (tertiary/aromatic N) is 5. The Balaban J connectivity index is 1.12. The molecule has 0 aliphatic carbocycles. The van der Waals surface area contributed by atoms with Crippen LogP contribution in [0.1, 0.15) is 36.6 Å². The zero-order valence-electron chi connectivity index (χ0n) is 19.9. The van der Waals surface area contributed by atoms with Gasteiger partial charge in [0, 0.05) is 71.2 Å². The van der Waals surface area contributed by atoms with Gasteiger partial charge in [0.1, 0.15) is 6.33 Å². The van der Waals surface area contributed by atoms with E-state index in [2.05, 4.69) is 54.7 Å². The van der Waals surface area contributed by atoms with E-state index in [9.17, 15) is 4.79 Å². The first-order chi connectivity index (χ1) is 16.7. The SMILES string of the molecule is CN1C(=O)CC(c2ccncn2)NC1OC1CCN(c2ccc(CN3CCNCC3)cc2)CC1. The molecule has 4 heterocycles. The molecule has 1 aromatic heterocycles. The molecule has 3 fully saturated rings. The lowest BCUT2D eigenvalue weighted by Crippen LogP contribution is -2.56. The van der Waals surface area contributed by atoms with Crippen molar-refractivity contribution in [3.05, 3.63) is 54.1 Å². The zero-order chi connectivity index (χ0) is 23.3. The molecule has 5 rings (SSSR count). The Morgan fingerprint density at radius 3 is 2.53 bits per heavy atom. The van der Waals surface area contributed by atoms with Gasteiger partial charge in [-0.15, -0.1) is 0 Å². The van der Waals surface area contributed by atoms with Gasteiger partial charge in [-0.25, -0.2) is 9.97 Å². The predicted octanol–water partition coefficient (Wildman–Crippen LogP) is 1.34. The molecule has 1 amide bonds. The lowest BCUT2D eigenvalue weighted by Gasteiger charge is -2.41. The summed E-state index contributed by atoms with van der Waals surface area (Å²) in [6.45, 7) is 7.31. The van der Waals surface area contributed by atoms with Gasteiger partial charge in [-0.1, -0.05) is 12.1 Å². The summed E-state index contributed by atoms with van der Waals surface area (Å²) in [5, 5.41) is 6.86. The quantitative estimate of drug-likeness (QED) is 0.661. The molecular formula is C25H35N7O2. The number of anilines is 1. The molecule has 2 aromatic rings. The average Bonchev–Trinajstić information content (AvgIpc) is 2.89. The number of piperidine rings is 1. The van der Waals surface area contributed by atoms with Crippen LogP contribution in [0.15, 0.2) is 42.9 Å². The first-order valence-corrected chi connectivity index (χ1v) is 12.4. The van der Waals surface area contributed by atoms with E-state index in [4.69, 9.17) is 4.74 Å². The predicted molar refractivity (Wildman–Crippen MR) is 130 cm³/mol. The number of nitrogens with one attached hydrogen (secondary N) is 2. The van der Waals surface area contributed by atoms with E-state index >= 15 is 0 Å². The molecule has 0 spiro atoms. The molecule has 182 valence electrons. The summed E-state index contributed by atoms with van der Waals surface area (Å²) >= 11 is 0. The summed E-state index contributed by atoms with van der Waals surface area (Å²) in [4.78, 5) is 27.5. The lowest BCUT2D eigenvalue weighted by atomic mass is 10.1. The van der Waals surface area contributed by atoms with Crippen molar-refractivity contribution in [1.29, 1.82) is 0 Å². The van der Waals surface area contributed by atoms with Crippen LogP contribution in [0.2, 0.25) is 0 Å². The number of hydrogen-bond donors (Lipinski definition) is 2. The van der Waals surface area contributed by atoms with Crippen LogP contribution in [-0.4, -0.2) is 84.4 Å². The molecule has 3 aliphatic heterocycles. The second-order valence-electron chi connectivity index (χ2n) is 9.43. The van der Waals surface area contributed by atoms with Gasteiger partial charge in [0.25, 0.3) is 0 Å². The van der Waals surface area contributed by atoms with E-state index < -0.39 is 6.35 Å². The summed E-state index contributed by atoms with van der Waals surface area (Å²) in [5.74, 6) is 0.0608. The highest BCUT2D eigenvalue weighted by molar-refractivity contribution is 5.77. The molecule has 0 bridgehead atoms. The van der Waals surface area contributed by atoms with E-state index in [0.717, 1.165) is 64.3 Å². The van der Waals surface area contributed by atoms with Crippen molar-refractivity contribution in [2.24, 2.45) is 0 Å². The molecule has 9 nitrogen and oxygen atoms in total. The van der Waals surface area contributed by atoms with Crippen molar-refractivity contribution < 1.29 is 9.53 Å². The van der Waals surface area contributed by atoms with Crippen LogP contribution >= 0.6 is 0 Å². The molecule has 3 aliphatic rings. The van der Waals surface area contributed by atoms with E-state index in [0.29, 0.717) is 6.42 Å². The molecule has 9 heteroatoms. The van der Waals surface area contributed by atoms with Crippen molar-refractivity contribution in [3.8, 4) is 0 Å². The molecule has 2 unspecified atom stereocenters. The molecule has 0 saturated carbocycles. The van der Waals surface area contributed by atoms with Crippen LogP contribution in [0.5, 0.6) is 0 Å². The Hall–Kier alpha value is -2.59. The van der Waals surface area contributed by atoms with Crippen molar-refractivity contribution in [2.75, 3.05) is 51.2 Å². The number of carbonyl (C=O) groups excluding carboxylic acids is 1. The second-order valence-corrected chi connectivity index (χ2v) is 9.43. The maximum Gasteiger partial charge on any atom is 0.227 e. The van der Waals surface area contributed by atoms with Gasteiger partial charge in [-0.05, 0) is 36.6 Å². The van der Waals surface area contributed by atoms with Crippen molar-refractivity contribution >= 4 is 11.6 Å². The number of aromatic nitrogens is 2. The Labute approximate surface area is 201 Å². The molecule has 2 atom stereocenters. The molecule has 3 saturated heterocycles. The standard InChI is InChI=1S/C25H35N7O2/c1-30-24(33)16-23(22-6-9-27-18-28-22)29-25(30)34-21-7-12-32(13-8-21)20-4-2-19(3-5-20)17-31-14-10-26-11-15-31/h2-6,9,18,21,23,25-26,29H,7-8,10-17H2,1H3. The summed E-state index contributed by atoms with van der Waals surface area (Å²) < 4.78 is 6.37. The summed E-state index contributed by atoms with van der Waals surface area (Å²) in [6.07, 6.45) is 5.12. The van der Waals surface area contributed by atoms with Gasteiger partial charge < -0.3 is 19.9 Å². The van der Waals surface area contributed by atoms with Gasteiger partial charge in [-0.2, -0.15) is 0 Å². The highest BCUT2D eigenvalue weighted by Crippen LogP contribution is 2.26. The Kier molecular flexibility index (Phi) is 7.34. The highest BCUT2D eigenvalue weighted by atomic mass is 16.5. The van der Waals surface area contributed by atoms with Crippen LogP contribution in [0.4, 0.5) is 5.69 Å². The summed E-state index contributed by atoms with van der Waals surface area (Å²) in [7, 11) is 1.80. The minimum absolute atomic E-state index is 0.0608. The van der Waals surface area contributed by atoms with E-state index in [-0.39, 0.29) is 18.1 Å². The van der Waals surface area contributed by atoms with Crippen LogP contribution in [0.25, 0.3) is 0 Å². The second kappa shape index (κ2) is 10.8. The smallest absolute Gasteiger partial charge is 0.227 e. The number of benzene rings is 1. The largest absolute Gasteiger partial charge is 0.371 e. The fraction of sp³-hybridized carbons (Fsp3) is 0.560. The van der Waals surface area contributed by atoms with Crippen LogP contribution < -0.4 is 15.5 Å². The molecule has 34 heavy (non-hydrogen) atoms. The van der Waals surface area contributed by atoms with Gasteiger partial charge in [0.05, 0.1) is 17.8 Å². The van der Waals surface area contributed by atoms with Crippen LogP contribution in [0.3, 0.4) is 0 Å². The molecule has 1 aromatic carbocycles. The average molecular weight is 466 g/mol. The zero-order valence-corrected chi connectivity index (χ0v) is 19.9. The first-order valence-electron chi connectivity index (χ1n) is 12.4. The maximum atomic E-state index is 12.6. The molecule has 0 radical (unpaired) electrons. The fourth-order valence-electron chi connectivity index (χ4n) is 4.99. The minimum atomic E-state index is -0.443. The third-order valence-electron chi connectivity index (χ3n) is 7.11.